The Bertz CT molecular complexity index is 855. The van der Waals surface area contributed by atoms with Gasteiger partial charge in [-0.3, -0.25) is 15.1 Å². The van der Waals surface area contributed by atoms with E-state index >= 15 is 0 Å². The predicted octanol–water partition coefficient (Wildman–Crippen LogP) is 3.97. The van der Waals surface area contributed by atoms with Crippen LogP contribution in [-0.4, -0.2) is 19.7 Å². The highest BCUT2D eigenvalue weighted by Gasteiger charge is 2.12. The molecule has 0 fully saturated rings. The van der Waals surface area contributed by atoms with Crippen LogP contribution in [0.25, 0.3) is 16.9 Å². The molecule has 0 spiro atoms. The SMILES string of the molecule is CC(C)c1ccncc1-c1ccn(-c2cccc([N+](=O)[O-])c2)n1. The van der Waals surface area contributed by atoms with Crippen LogP contribution >= 0.6 is 0 Å². The summed E-state index contributed by atoms with van der Waals surface area (Å²) in [6.07, 6.45) is 5.37. The molecule has 0 saturated carbocycles. The number of non-ortho nitro benzene ring substituents is 1. The van der Waals surface area contributed by atoms with Crippen molar-refractivity contribution in [1.29, 1.82) is 0 Å². The lowest BCUT2D eigenvalue weighted by molar-refractivity contribution is -0.384. The van der Waals surface area contributed by atoms with Crippen molar-refractivity contribution in [3.63, 3.8) is 0 Å². The Hall–Kier alpha value is -3.02. The van der Waals surface area contributed by atoms with Crippen molar-refractivity contribution in [3.05, 3.63) is 70.7 Å². The van der Waals surface area contributed by atoms with Gasteiger partial charge in [0.2, 0.25) is 0 Å². The number of benzene rings is 1. The standard InChI is InChI=1S/C17H16N4O2/c1-12(2)15-6-8-18-11-16(15)17-7-9-20(19-17)13-4-3-5-14(10-13)21(22)23/h3-12H,1-2H3. The first-order valence-corrected chi connectivity index (χ1v) is 7.31. The van der Waals surface area contributed by atoms with E-state index in [1.807, 2.05) is 12.1 Å². The number of nitro groups is 1. The van der Waals surface area contributed by atoms with Crippen LogP contribution in [0, 0.1) is 10.1 Å². The molecule has 116 valence electrons. The fourth-order valence-corrected chi connectivity index (χ4v) is 2.48. The Morgan fingerprint density at radius 3 is 2.78 bits per heavy atom. The molecule has 0 unspecified atom stereocenters. The highest BCUT2D eigenvalue weighted by molar-refractivity contribution is 5.63. The third-order valence-electron chi connectivity index (χ3n) is 3.65. The zero-order valence-electron chi connectivity index (χ0n) is 12.9. The van der Waals surface area contributed by atoms with Crippen molar-refractivity contribution in [2.75, 3.05) is 0 Å². The van der Waals surface area contributed by atoms with Crippen molar-refractivity contribution < 1.29 is 4.92 Å². The zero-order chi connectivity index (χ0) is 16.4. The molecule has 2 heterocycles. The average Bonchev–Trinajstić information content (AvgIpc) is 3.05. The number of nitrogens with zero attached hydrogens (tertiary/aromatic N) is 4. The van der Waals surface area contributed by atoms with Crippen LogP contribution in [-0.2, 0) is 0 Å². The molecule has 2 aromatic heterocycles. The van der Waals surface area contributed by atoms with Gasteiger partial charge >= 0.3 is 0 Å². The van der Waals surface area contributed by atoms with E-state index < -0.39 is 4.92 Å². The molecule has 0 amide bonds. The van der Waals surface area contributed by atoms with Crippen LogP contribution in [0.2, 0.25) is 0 Å². The van der Waals surface area contributed by atoms with Gasteiger partial charge in [0.05, 0.1) is 16.3 Å². The lowest BCUT2D eigenvalue weighted by Gasteiger charge is -2.09. The number of hydrogen-bond acceptors (Lipinski definition) is 4. The minimum absolute atomic E-state index is 0.0452. The zero-order valence-corrected chi connectivity index (χ0v) is 12.9. The third kappa shape index (κ3) is 2.96. The van der Waals surface area contributed by atoms with Gasteiger partial charge in [-0.25, -0.2) is 4.68 Å². The number of nitro benzene ring substituents is 1. The Morgan fingerprint density at radius 1 is 1.22 bits per heavy atom. The van der Waals surface area contributed by atoms with Crippen molar-refractivity contribution in [1.82, 2.24) is 14.8 Å². The van der Waals surface area contributed by atoms with Gasteiger partial charge in [-0.05, 0) is 29.7 Å². The Morgan fingerprint density at radius 2 is 2.04 bits per heavy atom. The molecule has 0 atom stereocenters. The summed E-state index contributed by atoms with van der Waals surface area (Å²) in [6, 6.07) is 10.3. The highest BCUT2D eigenvalue weighted by Crippen LogP contribution is 2.27. The first-order valence-electron chi connectivity index (χ1n) is 7.31. The molecule has 3 aromatic rings. The predicted molar refractivity (Wildman–Crippen MR) is 87.5 cm³/mol. The molecule has 0 radical (unpaired) electrons. The maximum absolute atomic E-state index is 10.9. The molecule has 3 rings (SSSR count). The van der Waals surface area contributed by atoms with Crippen molar-refractivity contribution >= 4 is 5.69 Å². The topological polar surface area (TPSA) is 73.8 Å². The number of rotatable bonds is 4. The van der Waals surface area contributed by atoms with Gasteiger partial charge < -0.3 is 0 Å². The van der Waals surface area contributed by atoms with E-state index in [0.29, 0.717) is 11.6 Å². The molecule has 6 nitrogen and oxygen atoms in total. The van der Waals surface area contributed by atoms with Gasteiger partial charge in [0.25, 0.3) is 5.69 Å². The minimum Gasteiger partial charge on any atom is -0.264 e. The van der Waals surface area contributed by atoms with Gasteiger partial charge in [-0.1, -0.05) is 19.9 Å². The van der Waals surface area contributed by atoms with Crippen LogP contribution in [0.5, 0.6) is 0 Å². The van der Waals surface area contributed by atoms with E-state index in [-0.39, 0.29) is 5.69 Å². The monoisotopic (exact) mass is 308 g/mol. The van der Waals surface area contributed by atoms with E-state index in [1.54, 1.807) is 35.4 Å². The summed E-state index contributed by atoms with van der Waals surface area (Å²) in [7, 11) is 0. The normalized spacial score (nSPS) is 10.9. The number of pyridine rings is 1. The molecule has 0 aliphatic rings. The van der Waals surface area contributed by atoms with E-state index in [2.05, 4.69) is 23.9 Å². The summed E-state index contributed by atoms with van der Waals surface area (Å²) in [5, 5.41) is 15.4. The smallest absolute Gasteiger partial charge is 0.264 e. The summed E-state index contributed by atoms with van der Waals surface area (Å²) in [6.45, 7) is 4.24. The fraction of sp³-hybridized carbons (Fsp3) is 0.176. The first kappa shape index (κ1) is 14.9. The van der Waals surface area contributed by atoms with E-state index in [1.165, 1.54) is 17.7 Å². The number of aromatic nitrogens is 3. The maximum Gasteiger partial charge on any atom is 0.271 e. The summed E-state index contributed by atoms with van der Waals surface area (Å²) < 4.78 is 1.64. The summed E-state index contributed by atoms with van der Waals surface area (Å²) >= 11 is 0. The summed E-state index contributed by atoms with van der Waals surface area (Å²) in [5.74, 6) is 0.357. The number of hydrogen-bond donors (Lipinski definition) is 0. The second-order valence-electron chi connectivity index (χ2n) is 5.54. The molecular weight excluding hydrogens is 292 g/mol. The first-order chi connectivity index (χ1) is 11.1. The lowest BCUT2D eigenvalue weighted by Crippen LogP contribution is -1.98. The Balaban J connectivity index is 2.02. The van der Waals surface area contributed by atoms with Crippen molar-refractivity contribution in [2.24, 2.45) is 0 Å². The fourth-order valence-electron chi connectivity index (χ4n) is 2.48. The summed E-state index contributed by atoms with van der Waals surface area (Å²) in [5.41, 5.74) is 3.65. The van der Waals surface area contributed by atoms with Crippen molar-refractivity contribution in [3.8, 4) is 16.9 Å². The molecular formula is C17H16N4O2. The molecule has 0 aliphatic carbocycles. The average molecular weight is 308 g/mol. The highest BCUT2D eigenvalue weighted by atomic mass is 16.6. The summed E-state index contributed by atoms with van der Waals surface area (Å²) in [4.78, 5) is 14.7. The lowest BCUT2D eigenvalue weighted by atomic mass is 9.98. The maximum atomic E-state index is 10.9. The second kappa shape index (κ2) is 6.00. The molecule has 0 N–H and O–H groups in total. The molecule has 0 saturated heterocycles. The van der Waals surface area contributed by atoms with Crippen LogP contribution in [0.4, 0.5) is 5.69 Å². The molecule has 6 heteroatoms. The molecule has 0 bridgehead atoms. The van der Waals surface area contributed by atoms with Gasteiger partial charge in [0.15, 0.2) is 0 Å². The Labute approximate surface area is 133 Å². The molecule has 23 heavy (non-hydrogen) atoms. The van der Waals surface area contributed by atoms with Gasteiger partial charge in [0, 0.05) is 36.3 Å². The third-order valence-corrected chi connectivity index (χ3v) is 3.65. The molecule has 0 aliphatic heterocycles. The van der Waals surface area contributed by atoms with E-state index in [4.69, 9.17) is 0 Å². The van der Waals surface area contributed by atoms with Crippen LogP contribution in [0.3, 0.4) is 0 Å². The molecule has 1 aromatic carbocycles. The van der Waals surface area contributed by atoms with Crippen LogP contribution in [0.1, 0.15) is 25.3 Å². The van der Waals surface area contributed by atoms with Gasteiger partial charge in [-0.2, -0.15) is 5.10 Å². The van der Waals surface area contributed by atoms with E-state index in [9.17, 15) is 10.1 Å². The van der Waals surface area contributed by atoms with Gasteiger partial charge in [-0.15, -0.1) is 0 Å². The Kier molecular flexibility index (Phi) is 3.89. The largest absolute Gasteiger partial charge is 0.271 e. The minimum atomic E-state index is -0.411. The quantitative estimate of drug-likeness (QED) is 0.540. The van der Waals surface area contributed by atoms with E-state index in [0.717, 1.165) is 11.3 Å². The van der Waals surface area contributed by atoms with Gasteiger partial charge in [0.1, 0.15) is 0 Å². The van der Waals surface area contributed by atoms with Crippen LogP contribution < -0.4 is 0 Å². The van der Waals surface area contributed by atoms with Crippen LogP contribution in [0.15, 0.2) is 55.0 Å². The second-order valence-corrected chi connectivity index (χ2v) is 5.54. The van der Waals surface area contributed by atoms with Crippen molar-refractivity contribution in [2.45, 2.75) is 19.8 Å².